The number of nitrogen functional groups attached to an aromatic ring is 1. The lowest BCUT2D eigenvalue weighted by molar-refractivity contribution is -0.137. The SMILES string of the molecule is Cc1nn(-c2ccccc2OCCO)c(N)c1C(=O)Nc1ccc(C(F)(F)F)cn1. The number of aliphatic hydroxyl groups is 1. The van der Waals surface area contributed by atoms with E-state index < -0.39 is 17.6 Å². The molecule has 0 saturated carbocycles. The molecule has 0 aliphatic rings. The van der Waals surface area contributed by atoms with Crippen molar-refractivity contribution in [1.82, 2.24) is 14.8 Å². The van der Waals surface area contributed by atoms with E-state index in [0.717, 1.165) is 12.1 Å². The minimum absolute atomic E-state index is 0.0111. The van der Waals surface area contributed by atoms with Gasteiger partial charge in [0.15, 0.2) is 0 Å². The molecule has 11 heteroatoms. The Morgan fingerprint density at radius 1 is 1.27 bits per heavy atom. The number of halogens is 3. The Balaban J connectivity index is 1.88. The average Bonchev–Trinajstić information content (AvgIpc) is 3.00. The number of carbonyl (C=O) groups excluding carboxylic acids is 1. The van der Waals surface area contributed by atoms with E-state index in [1.807, 2.05) is 0 Å². The molecule has 0 saturated heterocycles. The van der Waals surface area contributed by atoms with Crippen molar-refractivity contribution in [3.63, 3.8) is 0 Å². The average molecular weight is 421 g/mol. The van der Waals surface area contributed by atoms with Gasteiger partial charge in [-0.15, -0.1) is 0 Å². The van der Waals surface area contributed by atoms with Crippen LogP contribution in [-0.2, 0) is 6.18 Å². The van der Waals surface area contributed by atoms with Crippen LogP contribution >= 0.6 is 0 Å². The number of aromatic nitrogens is 3. The highest BCUT2D eigenvalue weighted by molar-refractivity contribution is 6.07. The van der Waals surface area contributed by atoms with Gasteiger partial charge in [0.2, 0.25) is 0 Å². The Bertz CT molecular complexity index is 1050. The first-order valence-electron chi connectivity index (χ1n) is 8.75. The van der Waals surface area contributed by atoms with Crippen LogP contribution in [0.25, 0.3) is 5.69 Å². The Hall–Kier alpha value is -3.60. The van der Waals surface area contributed by atoms with Crippen molar-refractivity contribution in [3.8, 4) is 11.4 Å². The lowest BCUT2D eigenvalue weighted by atomic mass is 10.2. The molecular formula is C19H18F3N5O3. The van der Waals surface area contributed by atoms with E-state index in [0.29, 0.717) is 23.3 Å². The normalized spacial score (nSPS) is 11.4. The van der Waals surface area contributed by atoms with E-state index in [4.69, 9.17) is 15.6 Å². The number of aryl methyl sites for hydroxylation is 1. The van der Waals surface area contributed by atoms with Gasteiger partial charge in [-0.05, 0) is 31.2 Å². The third kappa shape index (κ3) is 4.35. The highest BCUT2D eigenvalue weighted by Gasteiger charge is 2.31. The van der Waals surface area contributed by atoms with E-state index in [1.54, 1.807) is 31.2 Å². The molecule has 0 unspecified atom stereocenters. The van der Waals surface area contributed by atoms with Crippen LogP contribution < -0.4 is 15.8 Å². The molecule has 158 valence electrons. The van der Waals surface area contributed by atoms with Crippen molar-refractivity contribution in [3.05, 3.63) is 59.4 Å². The van der Waals surface area contributed by atoms with E-state index in [9.17, 15) is 18.0 Å². The van der Waals surface area contributed by atoms with Gasteiger partial charge >= 0.3 is 6.18 Å². The monoisotopic (exact) mass is 421 g/mol. The number of aliphatic hydroxyl groups excluding tert-OH is 1. The molecule has 0 aliphatic carbocycles. The third-order valence-electron chi connectivity index (χ3n) is 4.10. The number of benzene rings is 1. The van der Waals surface area contributed by atoms with E-state index in [-0.39, 0.29) is 30.4 Å². The summed E-state index contributed by atoms with van der Waals surface area (Å²) >= 11 is 0. The largest absolute Gasteiger partial charge is 0.489 e. The molecule has 0 atom stereocenters. The zero-order valence-corrected chi connectivity index (χ0v) is 15.8. The van der Waals surface area contributed by atoms with E-state index in [1.165, 1.54) is 4.68 Å². The minimum atomic E-state index is -4.52. The fourth-order valence-corrected chi connectivity index (χ4v) is 2.73. The van der Waals surface area contributed by atoms with Crippen LogP contribution in [-0.4, -0.2) is 39.0 Å². The quantitative estimate of drug-likeness (QED) is 0.564. The summed E-state index contributed by atoms with van der Waals surface area (Å²) < 4.78 is 44.7. The minimum Gasteiger partial charge on any atom is -0.489 e. The summed E-state index contributed by atoms with van der Waals surface area (Å²) in [6.45, 7) is 1.44. The molecule has 0 spiro atoms. The number of rotatable bonds is 6. The van der Waals surface area contributed by atoms with E-state index in [2.05, 4.69) is 15.4 Å². The first kappa shape index (κ1) is 21.1. The Morgan fingerprint density at radius 2 is 2.00 bits per heavy atom. The van der Waals surface area contributed by atoms with Gasteiger partial charge in [-0.3, -0.25) is 4.79 Å². The molecular weight excluding hydrogens is 403 g/mol. The number of pyridine rings is 1. The number of para-hydroxylation sites is 2. The maximum atomic E-state index is 12.7. The zero-order chi connectivity index (χ0) is 21.9. The van der Waals surface area contributed by atoms with Gasteiger partial charge in [0, 0.05) is 6.20 Å². The van der Waals surface area contributed by atoms with Crippen LogP contribution in [0, 0.1) is 6.92 Å². The number of ether oxygens (including phenoxy) is 1. The molecule has 1 aromatic carbocycles. The molecule has 0 fully saturated rings. The summed E-state index contributed by atoms with van der Waals surface area (Å²) in [4.78, 5) is 16.3. The Kier molecular flexibility index (Phi) is 5.92. The van der Waals surface area contributed by atoms with Gasteiger partial charge in [-0.25, -0.2) is 9.67 Å². The van der Waals surface area contributed by atoms with Crippen molar-refractivity contribution < 1.29 is 27.8 Å². The Labute approximate surface area is 169 Å². The van der Waals surface area contributed by atoms with Crippen LogP contribution in [0.3, 0.4) is 0 Å². The van der Waals surface area contributed by atoms with Crippen LogP contribution in [0.2, 0.25) is 0 Å². The molecule has 3 aromatic rings. The molecule has 8 nitrogen and oxygen atoms in total. The molecule has 0 aliphatic heterocycles. The van der Waals surface area contributed by atoms with Crippen molar-refractivity contribution in [2.75, 3.05) is 24.3 Å². The van der Waals surface area contributed by atoms with Gasteiger partial charge in [0.1, 0.15) is 35.2 Å². The summed E-state index contributed by atoms with van der Waals surface area (Å²) in [5.74, 6) is -0.322. The van der Waals surface area contributed by atoms with Crippen molar-refractivity contribution in [2.24, 2.45) is 0 Å². The summed E-state index contributed by atoms with van der Waals surface area (Å²) in [5, 5.41) is 15.7. The number of alkyl halides is 3. The maximum Gasteiger partial charge on any atom is 0.417 e. The Morgan fingerprint density at radius 3 is 2.63 bits per heavy atom. The first-order valence-corrected chi connectivity index (χ1v) is 8.75. The first-order chi connectivity index (χ1) is 14.2. The molecule has 30 heavy (non-hydrogen) atoms. The standard InChI is InChI=1S/C19H18F3N5O3/c1-11-16(18(29)25-15-7-6-12(10-24-15)19(20,21)22)17(23)27(26-11)13-4-2-3-5-14(13)30-9-8-28/h2-7,10,28H,8-9,23H2,1H3,(H,24,25,29). The number of nitrogens with one attached hydrogen (secondary N) is 1. The number of hydrogen-bond donors (Lipinski definition) is 3. The van der Waals surface area contributed by atoms with Crippen molar-refractivity contribution >= 4 is 17.5 Å². The smallest absolute Gasteiger partial charge is 0.417 e. The highest BCUT2D eigenvalue weighted by atomic mass is 19.4. The lowest BCUT2D eigenvalue weighted by Gasteiger charge is -2.12. The fourth-order valence-electron chi connectivity index (χ4n) is 2.73. The number of carbonyl (C=O) groups is 1. The molecule has 1 amide bonds. The topological polar surface area (TPSA) is 115 Å². The second kappa shape index (κ2) is 8.41. The van der Waals surface area contributed by atoms with Gasteiger partial charge < -0.3 is 20.9 Å². The second-order valence-corrected chi connectivity index (χ2v) is 6.18. The van der Waals surface area contributed by atoms with Gasteiger partial charge in [0.05, 0.1) is 17.9 Å². The number of amides is 1. The number of anilines is 2. The molecule has 2 heterocycles. The summed E-state index contributed by atoms with van der Waals surface area (Å²) in [6, 6.07) is 8.66. The van der Waals surface area contributed by atoms with Crippen LogP contribution in [0.4, 0.5) is 24.8 Å². The van der Waals surface area contributed by atoms with Crippen molar-refractivity contribution in [1.29, 1.82) is 0 Å². The van der Waals surface area contributed by atoms with Gasteiger partial charge in [-0.2, -0.15) is 18.3 Å². The molecule has 0 radical (unpaired) electrons. The second-order valence-electron chi connectivity index (χ2n) is 6.18. The lowest BCUT2D eigenvalue weighted by Crippen LogP contribution is -2.16. The third-order valence-corrected chi connectivity index (χ3v) is 4.10. The maximum absolute atomic E-state index is 12.7. The highest BCUT2D eigenvalue weighted by Crippen LogP contribution is 2.30. The molecule has 4 N–H and O–H groups in total. The van der Waals surface area contributed by atoms with Gasteiger partial charge in [-0.1, -0.05) is 12.1 Å². The molecule has 2 aromatic heterocycles. The molecule has 0 bridgehead atoms. The number of nitrogens with two attached hydrogens (primary N) is 1. The van der Waals surface area contributed by atoms with Crippen LogP contribution in [0.15, 0.2) is 42.6 Å². The summed E-state index contributed by atoms with van der Waals surface area (Å²) in [5.41, 5.74) is 6.01. The van der Waals surface area contributed by atoms with Crippen LogP contribution in [0.5, 0.6) is 5.75 Å². The molecule has 3 rings (SSSR count). The summed E-state index contributed by atoms with van der Waals surface area (Å²) in [7, 11) is 0. The fraction of sp³-hybridized carbons (Fsp3) is 0.211. The van der Waals surface area contributed by atoms with E-state index >= 15 is 0 Å². The van der Waals surface area contributed by atoms with Crippen LogP contribution in [0.1, 0.15) is 21.6 Å². The predicted octanol–water partition coefficient (Wildman–Crippen LogP) is 2.80. The number of hydrogen-bond acceptors (Lipinski definition) is 6. The predicted molar refractivity (Wildman–Crippen MR) is 102 cm³/mol. The van der Waals surface area contributed by atoms with Crippen molar-refractivity contribution in [2.45, 2.75) is 13.1 Å². The summed E-state index contributed by atoms with van der Waals surface area (Å²) in [6.07, 6.45) is -3.90. The number of nitrogens with zero attached hydrogens (tertiary/aromatic N) is 3. The zero-order valence-electron chi connectivity index (χ0n) is 15.8. The van der Waals surface area contributed by atoms with Gasteiger partial charge in [0.25, 0.3) is 5.91 Å².